The molecule has 1 amide bonds. The number of carbonyl (C=O) groups excluding carboxylic acids is 1. The van der Waals surface area contributed by atoms with Gasteiger partial charge in [-0.15, -0.1) is 0 Å². The Balaban J connectivity index is 2.02. The third-order valence-corrected chi connectivity index (χ3v) is 4.02. The molecule has 1 aliphatic rings. The Morgan fingerprint density at radius 3 is 2.76 bits per heavy atom. The number of aliphatic carboxylic acids is 1. The molecule has 1 saturated heterocycles. The maximum atomic E-state index is 12.3. The molecule has 116 valence electrons. The molecular formula is C15H22N2O4. The highest BCUT2D eigenvalue weighted by Crippen LogP contribution is 2.30. The van der Waals surface area contributed by atoms with Crippen LogP contribution in [0.25, 0.3) is 0 Å². The zero-order chi connectivity index (χ0) is 15.3. The summed E-state index contributed by atoms with van der Waals surface area (Å²) in [4.78, 5) is 23.8. The minimum atomic E-state index is -0.907. The molecule has 2 heterocycles. The van der Waals surface area contributed by atoms with Gasteiger partial charge in [-0.05, 0) is 31.4 Å². The van der Waals surface area contributed by atoms with Crippen LogP contribution < -0.4 is 5.32 Å². The molecule has 1 aliphatic heterocycles. The molecule has 0 unspecified atom stereocenters. The van der Waals surface area contributed by atoms with Crippen LogP contribution in [0.4, 0.5) is 0 Å². The van der Waals surface area contributed by atoms with Gasteiger partial charge in [-0.3, -0.25) is 9.59 Å². The zero-order valence-electron chi connectivity index (χ0n) is 12.3. The van der Waals surface area contributed by atoms with Crippen molar-refractivity contribution in [2.45, 2.75) is 32.7 Å². The molecule has 1 aromatic rings. The fraction of sp³-hybridized carbons (Fsp3) is 0.600. The predicted molar refractivity (Wildman–Crippen MR) is 77.2 cm³/mol. The first kappa shape index (κ1) is 15.6. The lowest BCUT2D eigenvalue weighted by Gasteiger charge is -2.33. The summed E-state index contributed by atoms with van der Waals surface area (Å²) >= 11 is 0. The minimum absolute atomic E-state index is 0.141. The number of hydrogen-bond acceptors (Lipinski definition) is 3. The molecule has 1 fully saturated rings. The summed E-state index contributed by atoms with van der Waals surface area (Å²) in [6.07, 6.45) is 3.66. The summed E-state index contributed by atoms with van der Waals surface area (Å²) in [7, 11) is 0. The van der Waals surface area contributed by atoms with Crippen molar-refractivity contribution < 1.29 is 19.4 Å². The third-order valence-electron chi connectivity index (χ3n) is 4.02. The fourth-order valence-electron chi connectivity index (χ4n) is 2.62. The number of ether oxygens (including phenoxy) is 1. The minimum Gasteiger partial charge on any atom is -0.481 e. The van der Waals surface area contributed by atoms with Crippen LogP contribution in [0.15, 0.2) is 18.3 Å². The Labute approximate surface area is 124 Å². The van der Waals surface area contributed by atoms with Gasteiger partial charge in [0.1, 0.15) is 5.69 Å². The predicted octanol–water partition coefficient (Wildman–Crippen LogP) is 1.51. The lowest BCUT2D eigenvalue weighted by Crippen LogP contribution is -2.46. The van der Waals surface area contributed by atoms with Crippen LogP contribution in [0.1, 0.15) is 36.7 Å². The number of rotatable bonds is 6. The van der Waals surface area contributed by atoms with Crippen molar-refractivity contribution >= 4 is 11.9 Å². The van der Waals surface area contributed by atoms with Gasteiger partial charge in [-0.2, -0.15) is 0 Å². The smallest absolute Gasteiger partial charge is 0.311 e. The first-order chi connectivity index (χ1) is 10.1. The average molecular weight is 294 g/mol. The van der Waals surface area contributed by atoms with Crippen molar-refractivity contribution in [2.75, 3.05) is 19.8 Å². The van der Waals surface area contributed by atoms with Crippen molar-refractivity contribution in [3.63, 3.8) is 0 Å². The van der Waals surface area contributed by atoms with Gasteiger partial charge >= 0.3 is 5.97 Å². The van der Waals surface area contributed by atoms with Crippen molar-refractivity contribution in [2.24, 2.45) is 5.41 Å². The van der Waals surface area contributed by atoms with Crippen LogP contribution in [0.2, 0.25) is 0 Å². The molecule has 2 N–H and O–H groups in total. The molecule has 6 nitrogen and oxygen atoms in total. The van der Waals surface area contributed by atoms with Crippen molar-refractivity contribution in [1.29, 1.82) is 0 Å². The molecule has 0 spiro atoms. The molecule has 21 heavy (non-hydrogen) atoms. The largest absolute Gasteiger partial charge is 0.481 e. The summed E-state index contributed by atoms with van der Waals surface area (Å²) < 4.78 is 7.11. The van der Waals surface area contributed by atoms with Crippen LogP contribution in [-0.2, 0) is 16.1 Å². The third kappa shape index (κ3) is 3.44. The van der Waals surface area contributed by atoms with Crippen molar-refractivity contribution in [1.82, 2.24) is 9.88 Å². The first-order valence-corrected chi connectivity index (χ1v) is 7.33. The van der Waals surface area contributed by atoms with E-state index >= 15 is 0 Å². The number of carboxylic acid groups (broad SMARTS) is 1. The summed E-state index contributed by atoms with van der Waals surface area (Å²) in [5.74, 6) is -1.09. The number of aromatic nitrogens is 1. The highest BCUT2D eigenvalue weighted by molar-refractivity contribution is 5.93. The van der Waals surface area contributed by atoms with Crippen LogP contribution in [0.5, 0.6) is 0 Å². The standard InChI is InChI=1S/C15H22N2O4/c1-2-7-17-8-3-4-12(17)13(18)16-11-15(14(19)20)5-9-21-10-6-15/h3-4,8H,2,5-7,9-11H2,1H3,(H,16,18)(H,19,20). The van der Waals surface area contributed by atoms with Gasteiger partial charge in [0.25, 0.3) is 5.91 Å². The van der Waals surface area contributed by atoms with Crippen LogP contribution in [0, 0.1) is 5.41 Å². The van der Waals surface area contributed by atoms with Gasteiger partial charge in [0.05, 0.1) is 5.41 Å². The van der Waals surface area contributed by atoms with E-state index in [1.807, 2.05) is 23.8 Å². The van der Waals surface area contributed by atoms with E-state index in [4.69, 9.17) is 4.74 Å². The quantitative estimate of drug-likeness (QED) is 0.833. The lowest BCUT2D eigenvalue weighted by molar-refractivity contribution is -0.154. The summed E-state index contributed by atoms with van der Waals surface area (Å²) in [5, 5.41) is 12.2. The maximum Gasteiger partial charge on any atom is 0.311 e. The Hall–Kier alpha value is -1.82. The average Bonchev–Trinajstić information content (AvgIpc) is 2.94. The molecule has 2 rings (SSSR count). The monoisotopic (exact) mass is 294 g/mol. The Morgan fingerprint density at radius 1 is 1.43 bits per heavy atom. The van der Waals surface area contributed by atoms with E-state index in [1.54, 1.807) is 6.07 Å². The molecule has 0 radical (unpaired) electrons. The second kappa shape index (κ2) is 6.76. The van der Waals surface area contributed by atoms with E-state index in [1.165, 1.54) is 0 Å². The SMILES string of the molecule is CCCn1cccc1C(=O)NCC1(C(=O)O)CCOCC1. The maximum absolute atomic E-state index is 12.3. The molecule has 0 bridgehead atoms. The van der Waals surface area contributed by atoms with Gasteiger partial charge in [0.15, 0.2) is 0 Å². The topological polar surface area (TPSA) is 80.6 Å². The highest BCUT2D eigenvalue weighted by atomic mass is 16.5. The Bertz CT molecular complexity index is 504. The molecule has 0 aliphatic carbocycles. The van der Waals surface area contributed by atoms with Gasteiger partial charge in [-0.25, -0.2) is 0 Å². The molecule has 0 aromatic carbocycles. The second-order valence-corrected chi connectivity index (χ2v) is 5.47. The Morgan fingerprint density at radius 2 is 2.14 bits per heavy atom. The number of carboxylic acids is 1. The summed E-state index contributed by atoms with van der Waals surface area (Å²) in [5.41, 5.74) is -0.333. The van der Waals surface area contributed by atoms with E-state index in [0.29, 0.717) is 31.7 Å². The van der Waals surface area contributed by atoms with Crippen LogP contribution in [0.3, 0.4) is 0 Å². The fourth-order valence-corrected chi connectivity index (χ4v) is 2.62. The first-order valence-electron chi connectivity index (χ1n) is 7.33. The number of nitrogens with one attached hydrogen (secondary N) is 1. The molecule has 0 saturated carbocycles. The summed E-state index contributed by atoms with van der Waals surface area (Å²) in [6.45, 7) is 3.81. The zero-order valence-corrected chi connectivity index (χ0v) is 12.3. The van der Waals surface area contributed by atoms with Gasteiger partial charge in [0.2, 0.25) is 0 Å². The van der Waals surface area contributed by atoms with Crippen molar-refractivity contribution in [3.05, 3.63) is 24.0 Å². The summed E-state index contributed by atoms with van der Waals surface area (Å²) in [6, 6.07) is 3.58. The second-order valence-electron chi connectivity index (χ2n) is 5.47. The van der Waals surface area contributed by atoms with Crippen LogP contribution in [-0.4, -0.2) is 41.3 Å². The highest BCUT2D eigenvalue weighted by Gasteiger charge is 2.40. The van der Waals surface area contributed by atoms with E-state index in [0.717, 1.165) is 13.0 Å². The molecular weight excluding hydrogens is 272 g/mol. The number of amides is 1. The molecule has 1 aromatic heterocycles. The Kier molecular flexibility index (Phi) is 5.01. The number of aryl methyl sites for hydroxylation is 1. The van der Waals surface area contributed by atoms with Gasteiger partial charge in [-0.1, -0.05) is 6.92 Å². The molecule has 0 atom stereocenters. The van der Waals surface area contributed by atoms with Crippen LogP contribution >= 0.6 is 0 Å². The number of nitrogens with zero attached hydrogens (tertiary/aromatic N) is 1. The lowest BCUT2D eigenvalue weighted by atomic mass is 9.80. The van der Waals surface area contributed by atoms with Gasteiger partial charge in [0, 0.05) is 32.5 Å². The van der Waals surface area contributed by atoms with E-state index in [-0.39, 0.29) is 12.5 Å². The van der Waals surface area contributed by atoms with Crippen molar-refractivity contribution in [3.8, 4) is 0 Å². The van der Waals surface area contributed by atoms with E-state index in [2.05, 4.69) is 5.32 Å². The number of carbonyl (C=O) groups is 2. The molecule has 6 heteroatoms. The van der Waals surface area contributed by atoms with Gasteiger partial charge < -0.3 is 19.7 Å². The normalized spacial score (nSPS) is 17.4. The number of hydrogen-bond donors (Lipinski definition) is 2. The van der Waals surface area contributed by atoms with E-state index < -0.39 is 11.4 Å². The van der Waals surface area contributed by atoms with E-state index in [9.17, 15) is 14.7 Å².